The van der Waals surface area contributed by atoms with Gasteiger partial charge in [-0.3, -0.25) is 4.79 Å². The minimum Gasteiger partial charge on any atom is -0.398 e. The Morgan fingerprint density at radius 2 is 2.19 bits per heavy atom. The lowest BCUT2D eigenvalue weighted by molar-refractivity contribution is 0.102. The predicted molar refractivity (Wildman–Crippen MR) is 67.9 cm³/mol. The number of carbonyl (C=O) groups is 1. The highest BCUT2D eigenvalue weighted by atomic mass is 32.1. The Labute approximate surface area is 97.9 Å². The summed E-state index contributed by atoms with van der Waals surface area (Å²) in [6.45, 7) is 1.89. The molecule has 0 unspecified atom stereocenters. The number of nitrogen functional groups attached to an aromatic ring is 1. The summed E-state index contributed by atoms with van der Waals surface area (Å²) in [5, 5.41) is 6.53. The van der Waals surface area contributed by atoms with Crippen LogP contribution in [0.4, 0.5) is 11.4 Å². The average molecular weight is 232 g/mol. The number of thiophene rings is 1. The molecule has 2 rings (SSSR count). The molecule has 3 nitrogen and oxygen atoms in total. The van der Waals surface area contributed by atoms with Crippen LogP contribution in [-0.4, -0.2) is 5.91 Å². The molecule has 0 aliphatic heterocycles. The Bertz CT molecular complexity index is 506. The molecule has 0 saturated heterocycles. The van der Waals surface area contributed by atoms with Gasteiger partial charge < -0.3 is 11.1 Å². The molecule has 0 bridgehead atoms. The maximum atomic E-state index is 11.8. The summed E-state index contributed by atoms with van der Waals surface area (Å²) < 4.78 is 0. The predicted octanol–water partition coefficient (Wildman–Crippen LogP) is 2.89. The molecule has 3 N–H and O–H groups in total. The van der Waals surface area contributed by atoms with Gasteiger partial charge in [-0.25, -0.2) is 0 Å². The molecule has 0 atom stereocenters. The van der Waals surface area contributed by atoms with Crippen molar-refractivity contribution >= 4 is 28.6 Å². The van der Waals surface area contributed by atoms with E-state index >= 15 is 0 Å². The van der Waals surface area contributed by atoms with Crippen molar-refractivity contribution in [1.29, 1.82) is 0 Å². The Balaban J connectivity index is 2.22. The van der Waals surface area contributed by atoms with Crippen LogP contribution in [0.5, 0.6) is 0 Å². The monoisotopic (exact) mass is 232 g/mol. The molecule has 1 aromatic carbocycles. The van der Waals surface area contributed by atoms with Gasteiger partial charge in [-0.2, -0.15) is 11.3 Å². The zero-order valence-corrected chi connectivity index (χ0v) is 9.67. The normalized spacial score (nSPS) is 10.1. The van der Waals surface area contributed by atoms with Crippen LogP contribution < -0.4 is 11.1 Å². The molecule has 4 heteroatoms. The SMILES string of the molecule is Cc1c(N)cccc1NC(=O)c1ccsc1. The molecule has 0 radical (unpaired) electrons. The molecule has 0 spiro atoms. The fraction of sp³-hybridized carbons (Fsp3) is 0.0833. The molecule has 1 amide bonds. The van der Waals surface area contributed by atoms with Gasteiger partial charge in [-0.1, -0.05) is 6.07 Å². The second-order valence-corrected chi connectivity index (χ2v) is 4.27. The van der Waals surface area contributed by atoms with Crippen LogP contribution in [0.15, 0.2) is 35.0 Å². The number of carbonyl (C=O) groups excluding carboxylic acids is 1. The third-order valence-corrected chi connectivity index (χ3v) is 3.09. The average Bonchev–Trinajstić information content (AvgIpc) is 2.78. The van der Waals surface area contributed by atoms with Crippen LogP contribution in [0.1, 0.15) is 15.9 Å². The first-order chi connectivity index (χ1) is 7.68. The van der Waals surface area contributed by atoms with E-state index in [2.05, 4.69) is 5.32 Å². The highest BCUT2D eigenvalue weighted by Gasteiger charge is 2.08. The van der Waals surface area contributed by atoms with E-state index < -0.39 is 0 Å². The maximum absolute atomic E-state index is 11.8. The number of hydrogen-bond donors (Lipinski definition) is 2. The number of nitrogens with two attached hydrogens (primary N) is 1. The lowest BCUT2D eigenvalue weighted by Gasteiger charge is -2.09. The van der Waals surface area contributed by atoms with Gasteiger partial charge in [0, 0.05) is 16.8 Å². The first kappa shape index (κ1) is 10.7. The second kappa shape index (κ2) is 4.37. The van der Waals surface area contributed by atoms with Crippen molar-refractivity contribution in [1.82, 2.24) is 0 Å². The zero-order chi connectivity index (χ0) is 11.5. The highest BCUT2D eigenvalue weighted by Crippen LogP contribution is 2.21. The van der Waals surface area contributed by atoms with Gasteiger partial charge in [-0.05, 0) is 36.1 Å². The number of amides is 1. The van der Waals surface area contributed by atoms with Crippen molar-refractivity contribution < 1.29 is 4.79 Å². The van der Waals surface area contributed by atoms with Crippen molar-refractivity contribution in [3.05, 3.63) is 46.2 Å². The molecule has 16 heavy (non-hydrogen) atoms. The van der Waals surface area contributed by atoms with E-state index in [1.54, 1.807) is 6.07 Å². The number of rotatable bonds is 2. The largest absolute Gasteiger partial charge is 0.398 e. The van der Waals surface area contributed by atoms with Crippen molar-refractivity contribution in [2.24, 2.45) is 0 Å². The molecule has 1 heterocycles. The Morgan fingerprint density at radius 1 is 1.38 bits per heavy atom. The van der Waals surface area contributed by atoms with E-state index in [0.29, 0.717) is 11.3 Å². The lowest BCUT2D eigenvalue weighted by atomic mass is 10.1. The van der Waals surface area contributed by atoms with Gasteiger partial charge >= 0.3 is 0 Å². The summed E-state index contributed by atoms with van der Waals surface area (Å²) in [6.07, 6.45) is 0. The van der Waals surface area contributed by atoms with Crippen molar-refractivity contribution in [2.45, 2.75) is 6.92 Å². The van der Waals surface area contributed by atoms with Gasteiger partial charge in [0.2, 0.25) is 0 Å². The Kier molecular flexibility index (Phi) is 2.92. The van der Waals surface area contributed by atoms with Gasteiger partial charge in [0.1, 0.15) is 0 Å². The Morgan fingerprint density at radius 3 is 2.88 bits per heavy atom. The second-order valence-electron chi connectivity index (χ2n) is 3.49. The van der Waals surface area contributed by atoms with E-state index in [-0.39, 0.29) is 5.91 Å². The van der Waals surface area contributed by atoms with E-state index in [9.17, 15) is 4.79 Å². The third kappa shape index (κ3) is 2.06. The van der Waals surface area contributed by atoms with Gasteiger partial charge in [0.15, 0.2) is 0 Å². The Hall–Kier alpha value is -1.81. The van der Waals surface area contributed by atoms with E-state index in [1.807, 2.05) is 35.9 Å². The molecule has 82 valence electrons. The summed E-state index contributed by atoms with van der Waals surface area (Å²) in [5.41, 5.74) is 8.78. The third-order valence-electron chi connectivity index (χ3n) is 2.41. The molecule has 0 aliphatic carbocycles. The summed E-state index contributed by atoms with van der Waals surface area (Å²) in [6, 6.07) is 7.28. The van der Waals surface area contributed by atoms with Gasteiger partial charge in [0.05, 0.1) is 5.56 Å². The van der Waals surface area contributed by atoms with Gasteiger partial charge in [-0.15, -0.1) is 0 Å². The minimum atomic E-state index is -0.102. The standard InChI is InChI=1S/C12H12N2OS/c1-8-10(13)3-2-4-11(8)14-12(15)9-5-6-16-7-9/h2-7H,13H2,1H3,(H,14,15). The first-order valence-corrected chi connectivity index (χ1v) is 5.81. The van der Waals surface area contributed by atoms with Crippen LogP contribution in [0.25, 0.3) is 0 Å². The lowest BCUT2D eigenvalue weighted by Crippen LogP contribution is -2.12. The summed E-state index contributed by atoms with van der Waals surface area (Å²) >= 11 is 1.50. The van der Waals surface area contributed by atoms with E-state index in [0.717, 1.165) is 11.3 Å². The molecule has 1 aromatic heterocycles. The number of anilines is 2. The summed E-state index contributed by atoms with van der Waals surface area (Å²) in [7, 11) is 0. The molecule has 2 aromatic rings. The maximum Gasteiger partial charge on any atom is 0.256 e. The summed E-state index contributed by atoms with van der Waals surface area (Å²) in [4.78, 5) is 11.8. The quantitative estimate of drug-likeness (QED) is 0.782. The van der Waals surface area contributed by atoms with Crippen molar-refractivity contribution in [3.8, 4) is 0 Å². The van der Waals surface area contributed by atoms with E-state index in [1.165, 1.54) is 11.3 Å². The molecule has 0 aliphatic rings. The fourth-order valence-electron chi connectivity index (χ4n) is 1.38. The fourth-order valence-corrected chi connectivity index (χ4v) is 2.01. The number of nitrogens with one attached hydrogen (secondary N) is 1. The van der Waals surface area contributed by atoms with Crippen LogP contribution >= 0.6 is 11.3 Å². The minimum absolute atomic E-state index is 0.102. The van der Waals surface area contributed by atoms with E-state index in [4.69, 9.17) is 5.73 Å². The number of hydrogen-bond acceptors (Lipinski definition) is 3. The topological polar surface area (TPSA) is 55.1 Å². The van der Waals surface area contributed by atoms with Crippen LogP contribution in [-0.2, 0) is 0 Å². The summed E-state index contributed by atoms with van der Waals surface area (Å²) in [5.74, 6) is -0.102. The van der Waals surface area contributed by atoms with Crippen LogP contribution in [0.3, 0.4) is 0 Å². The van der Waals surface area contributed by atoms with Crippen molar-refractivity contribution in [2.75, 3.05) is 11.1 Å². The molecule has 0 saturated carbocycles. The smallest absolute Gasteiger partial charge is 0.256 e. The van der Waals surface area contributed by atoms with Crippen molar-refractivity contribution in [3.63, 3.8) is 0 Å². The van der Waals surface area contributed by atoms with Crippen LogP contribution in [0, 0.1) is 6.92 Å². The van der Waals surface area contributed by atoms with Crippen LogP contribution in [0.2, 0.25) is 0 Å². The van der Waals surface area contributed by atoms with Gasteiger partial charge in [0.25, 0.3) is 5.91 Å². The first-order valence-electron chi connectivity index (χ1n) is 4.87. The molecular weight excluding hydrogens is 220 g/mol. The number of benzene rings is 1. The zero-order valence-electron chi connectivity index (χ0n) is 8.86. The highest BCUT2D eigenvalue weighted by molar-refractivity contribution is 7.08. The molecular formula is C12H12N2OS. The molecule has 0 fully saturated rings.